The highest BCUT2D eigenvalue weighted by molar-refractivity contribution is 6.09. The Morgan fingerprint density at radius 2 is 1.96 bits per heavy atom. The third-order valence-corrected chi connectivity index (χ3v) is 5.36. The number of rotatable bonds is 6. The summed E-state index contributed by atoms with van der Waals surface area (Å²) in [5.74, 6) is -0.590. The smallest absolute Gasteiger partial charge is 0.260 e. The molecule has 140 valence electrons. The lowest BCUT2D eigenvalue weighted by Crippen LogP contribution is -3.13. The highest BCUT2D eigenvalue weighted by Gasteiger charge is 2.31. The fraction of sp³-hybridized carbons (Fsp3) is 0.550. The van der Waals surface area contributed by atoms with E-state index < -0.39 is 0 Å². The molecular formula is C20H28N3O3+. The maximum Gasteiger partial charge on any atom is 0.260 e. The van der Waals surface area contributed by atoms with Crippen molar-refractivity contribution in [2.24, 2.45) is 0 Å². The Balaban J connectivity index is 1.48. The lowest BCUT2D eigenvalue weighted by molar-refractivity contribution is -0.905. The molecule has 2 aliphatic rings. The first-order valence-corrected chi connectivity index (χ1v) is 9.64. The molecule has 1 fully saturated rings. The van der Waals surface area contributed by atoms with Crippen molar-refractivity contribution in [1.29, 1.82) is 0 Å². The molecule has 26 heavy (non-hydrogen) atoms. The van der Waals surface area contributed by atoms with Crippen molar-refractivity contribution in [3.8, 4) is 0 Å². The Kier molecular flexibility index (Phi) is 6.04. The maximum absolute atomic E-state index is 12.5. The monoisotopic (exact) mass is 358 g/mol. The summed E-state index contributed by atoms with van der Waals surface area (Å²) in [6.45, 7) is 5.73. The van der Waals surface area contributed by atoms with Gasteiger partial charge in [0.1, 0.15) is 0 Å². The Morgan fingerprint density at radius 1 is 1.23 bits per heavy atom. The van der Waals surface area contributed by atoms with Gasteiger partial charge in [-0.1, -0.05) is 25.1 Å². The van der Waals surface area contributed by atoms with E-state index in [1.54, 1.807) is 17.0 Å². The van der Waals surface area contributed by atoms with Crippen LogP contribution in [0.3, 0.4) is 0 Å². The maximum atomic E-state index is 12.5. The van der Waals surface area contributed by atoms with Gasteiger partial charge in [-0.25, -0.2) is 0 Å². The number of nitrogens with one attached hydrogen (secondary N) is 2. The number of hydrogen-bond acceptors (Lipinski definition) is 3. The number of hydrogen-bond donors (Lipinski definition) is 2. The van der Waals surface area contributed by atoms with E-state index in [-0.39, 0.29) is 43.1 Å². The van der Waals surface area contributed by atoms with Crippen molar-refractivity contribution in [3.63, 3.8) is 0 Å². The topological polar surface area (TPSA) is 70.9 Å². The van der Waals surface area contributed by atoms with Crippen LogP contribution in [0.1, 0.15) is 48.5 Å². The van der Waals surface area contributed by atoms with Gasteiger partial charge in [0.2, 0.25) is 11.8 Å². The number of fused-ring (bicyclic) bond motifs is 1. The Morgan fingerprint density at radius 3 is 2.69 bits per heavy atom. The molecule has 1 aromatic carbocycles. The molecule has 1 saturated heterocycles. The highest BCUT2D eigenvalue weighted by atomic mass is 16.2. The van der Waals surface area contributed by atoms with E-state index in [1.165, 1.54) is 17.9 Å². The van der Waals surface area contributed by atoms with Gasteiger partial charge in [0, 0.05) is 37.4 Å². The zero-order valence-electron chi connectivity index (χ0n) is 15.4. The van der Waals surface area contributed by atoms with E-state index in [1.807, 2.05) is 12.1 Å². The Hall–Kier alpha value is -2.21. The van der Waals surface area contributed by atoms with Gasteiger partial charge >= 0.3 is 0 Å². The predicted octanol–water partition coefficient (Wildman–Crippen LogP) is 0.175. The van der Waals surface area contributed by atoms with Crippen LogP contribution < -0.4 is 10.2 Å². The molecule has 0 unspecified atom stereocenters. The van der Waals surface area contributed by atoms with Crippen LogP contribution in [0, 0.1) is 0 Å². The van der Waals surface area contributed by atoms with Crippen LogP contribution in [0.2, 0.25) is 0 Å². The number of amides is 3. The van der Waals surface area contributed by atoms with E-state index in [4.69, 9.17) is 0 Å². The minimum atomic E-state index is -0.291. The van der Waals surface area contributed by atoms with Crippen LogP contribution in [-0.2, 0) is 16.0 Å². The van der Waals surface area contributed by atoms with Crippen molar-refractivity contribution in [2.75, 3.05) is 26.2 Å². The Bertz CT molecular complexity index is 681. The van der Waals surface area contributed by atoms with Crippen molar-refractivity contribution in [2.45, 2.75) is 45.1 Å². The molecule has 0 aliphatic carbocycles. The zero-order valence-corrected chi connectivity index (χ0v) is 15.4. The van der Waals surface area contributed by atoms with E-state index in [0.29, 0.717) is 5.56 Å². The summed E-state index contributed by atoms with van der Waals surface area (Å²) < 4.78 is 0. The molecule has 2 aliphatic heterocycles. The number of carbonyl (C=O) groups is 3. The lowest BCUT2D eigenvalue weighted by atomic mass is 9.98. The van der Waals surface area contributed by atoms with Crippen LogP contribution in [0.4, 0.5) is 0 Å². The van der Waals surface area contributed by atoms with Gasteiger partial charge in [-0.2, -0.15) is 0 Å². The molecule has 0 spiro atoms. The molecule has 0 aromatic heterocycles. The highest BCUT2D eigenvalue weighted by Crippen LogP contribution is 2.19. The van der Waals surface area contributed by atoms with E-state index >= 15 is 0 Å². The molecule has 2 heterocycles. The zero-order chi connectivity index (χ0) is 18.5. The first-order chi connectivity index (χ1) is 12.6. The summed E-state index contributed by atoms with van der Waals surface area (Å²) >= 11 is 0. The summed E-state index contributed by atoms with van der Waals surface area (Å²) in [5.41, 5.74) is 1.34. The summed E-state index contributed by atoms with van der Waals surface area (Å²) in [5, 5.41) is 3.07. The van der Waals surface area contributed by atoms with Crippen LogP contribution in [-0.4, -0.2) is 54.8 Å². The second-order valence-electron chi connectivity index (χ2n) is 7.28. The van der Waals surface area contributed by atoms with Gasteiger partial charge < -0.3 is 10.2 Å². The molecule has 0 bridgehead atoms. The fourth-order valence-electron chi connectivity index (χ4n) is 3.91. The number of benzene rings is 1. The van der Waals surface area contributed by atoms with Crippen molar-refractivity contribution >= 4 is 17.7 Å². The van der Waals surface area contributed by atoms with Gasteiger partial charge in [0.15, 0.2) is 0 Å². The second kappa shape index (κ2) is 8.45. The molecule has 2 N–H and O–H groups in total. The number of piperidine rings is 1. The first-order valence-electron chi connectivity index (χ1n) is 9.64. The van der Waals surface area contributed by atoms with Crippen LogP contribution in [0.25, 0.3) is 0 Å². The number of nitrogens with zero attached hydrogens (tertiary/aromatic N) is 1. The summed E-state index contributed by atoms with van der Waals surface area (Å²) in [7, 11) is 0. The molecule has 0 saturated carbocycles. The van der Waals surface area contributed by atoms with Gasteiger partial charge in [-0.05, 0) is 18.1 Å². The average Bonchev–Trinajstić information content (AvgIpc) is 2.63. The van der Waals surface area contributed by atoms with E-state index in [9.17, 15) is 14.4 Å². The minimum absolute atomic E-state index is 0.0756. The van der Waals surface area contributed by atoms with E-state index in [2.05, 4.69) is 12.2 Å². The van der Waals surface area contributed by atoms with Crippen LogP contribution in [0.5, 0.6) is 0 Å². The number of carbonyl (C=O) groups excluding carboxylic acids is 3. The predicted molar refractivity (Wildman–Crippen MR) is 97.8 cm³/mol. The average molecular weight is 358 g/mol. The molecule has 6 nitrogen and oxygen atoms in total. The Labute approximate surface area is 154 Å². The van der Waals surface area contributed by atoms with E-state index in [0.717, 1.165) is 31.5 Å². The third kappa shape index (κ3) is 4.30. The second-order valence-corrected chi connectivity index (χ2v) is 7.28. The third-order valence-electron chi connectivity index (χ3n) is 5.36. The fourth-order valence-corrected chi connectivity index (χ4v) is 3.91. The molecule has 3 amide bonds. The quantitative estimate of drug-likeness (QED) is 0.713. The standard InChI is InChI=1S/C20H27N3O3/c1-2-10-22-11-7-16(8-12-22)21-18(24)9-13-23-19(25)14-15-5-3-4-6-17(15)20(23)26/h3-6,16H,2,7-14H2,1H3,(H,21,24)/p+1. The van der Waals surface area contributed by atoms with Crippen LogP contribution >= 0.6 is 0 Å². The number of quaternary nitrogens is 1. The van der Waals surface area contributed by atoms with Crippen molar-refractivity contribution in [3.05, 3.63) is 35.4 Å². The van der Waals surface area contributed by atoms with Crippen LogP contribution in [0.15, 0.2) is 24.3 Å². The van der Waals surface area contributed by atoms with Gasteiger partial charge in [-0.3, -0.25) is 19.3 Å². The molecule has 3 rings (SSSR count). The lowest BCUT2D eigenvalue weighted by Gasteiger charge is -2.30. The summed E-state index contributed by atoms with van der Waals surface area (Å²) in [6.07, 6.45) is 3.57. The summed E-state index contributed by atoms with van der Waals surface area (Å²) in [6, 6.07) is 7.39. The van der Waals surface area contributed by atoms with Gasteiger partial charge in [0.25, 0.3) is 5.91 Å². The molecule has 6 heteroatoms. The normalized spacial score (nSPS) is 22.9. The SMILES string of the molecule is CCC[NH+]1CCC(NC(=O)CCN2C(=O)Cc3ccccc3C2=O)CC1. The van der Waals surface area contributed by atoms with Crippen molar-refractivity contribution in [1.82, 2.24) is 10.2 Å². The molecule has 1 aromatic rings. The molecular weight excluding hydrogens is 330 g/mol. The summed E-state index contributed by atoms with van der Waals surface area (Å²) in [4.78, 5) is 39.8. The molecule has 0 radical (unpaired) electrons. The van der Waals surface area contributed by atoms with Crippen molar-refractivity contribution < 1.29 is 19.3 Å². The number of likely N-dealkylation sites (tertiary alicyclic amines) is 1. The molecule has 0 atom stereocenters. The minimum Gasteiger partial charge on any atom is -0.353 e. The largest absolute Gasteiger partial charge is 0.353 e. The number of imide groups is 1. The van der Waals surface area contributed by atoms with Gasteiger partial charge in [-0.15, -0.1) is 0 Å². The first kappa shape index (κ1) is 18.6. The van der Waals surface area contributed by atoms with Gasteiger partial charge in [0.05, 0.1) is 26.1 Å².